The van der Waals surface area contributed by atoms with Crippen molar-refractivity contribution in [2.75, 3.05) is 5.32 Å². The van der Waals surface area contributed by atoms with Crippen molar-refractivity contribution in [2.45, 2.75) is 45.7 Å². The fourth-order valence-electron chi connectivity index (χ4n) is 1.23. The van der Waals surface area contributed by atoms with Crippen LogP contribution in [0, 0.1) is 12.3 Å². The second-order valence-corrected chi connectivity index (χ2v) is 4.62. The zero-order valence-corrected chi connectivity index (χ0v) is 9.91. The minimum atomic E-state index is 0.0117. The van der Waals surface area contributed by atoms with Crippen molar-refractivity contribution >= 4 is 5.69 Å². The molecule has 0 spiro atoms. The standard InChI is InChI=1S/C12H19N3/c1-6-10(7-2)14-11-8-13-15(9-11)12(3,4)5/h1,8-10,14H,7H2,2-5H3/t10-/m1/s1. The Kier molecular flexibility index (Phi) is 3.41. The summed E-state index contributed by atoms with van der Waals surface area (Å²) >= 11 is 0. The number of rotatable bonds is 3. The van der Waals surface area contributed by atoms with Crippen molar-refractivity contribution in [2.24, 2.45) is 0 Å². The van der Waals surface area contributed by atoms with E-state index in [-0.39, 0.29) is 11.6 Å². The van der Waals surface area contributed by atoms with E-state index in [9.17, 15) is 0 Å². The van der Waals surface area contributed by atoms with Gasteiger partial charge in [-0.2, -0.15) is 5.10 Å². The van der Waals surface area contributed by atoms with Crippen LogP contribution in [0.25, 0.3) is 0 Å². The van der Waals surface area contributed by atoms with Crippen LogP contribution in [0.5, 0.6) is 0 Å². The molecule has 3 heteroatoms. The quantitative estimate of drug-likeness (QED) is 0.768. The molecule has 1 aromatic rings. The van der Waals surface area contributed by atoms with Gasteiger partial charge in [0, 0.05) is 6.20 Å². The fourth-order valence-corrected chi connectivity index (χ4v) is 1.23. The van der Waals surface area contributed by atoms with Gasteiger partial charge < -0.3 is 5.32 Å². The number of nitrogens with one attached hydrogen (secondary N) is 1. The largest absolute Gasteiger partial charge is 0.369 e. The molecule has 1 N–H and O–H groups in total. The van der Waals surface area contributed by atoms with E-state index in [1.54, 1.807) is 0 Å². The van der Waals surface area contributed by atoms with Crippen molar-refractivity contribution in [3.05, 3.63) is 12.4 Å². The van der Waals surface area contributed by atoms with Crippen LogP contribution in [0.15, 0.2) is 12.4 Å². The Morgan fingerprint density at radius 2 is 2.27 bits per heavy atom. The molecule has 82 valence electrons. The Morgan fingerprint density at radius 3 is 2.67 bits per heavy atom. The zero-order valence-electron chi connectivity index (χ0n) is 9.91. The first-order valence-electron chi connectivity index (χ1n) is 5.25. The molecule has 1 heterocycles. The molecular weight excluding hydrogens is 186 g/mol. The van der Waals surface area contributed by atoms with E-state index in [1.807, 2.05) is 17.1 Å². The van der Waals surface area contributed by atoms with Crippen molar-refractivity contribution in [1.29, 1.82) is 0 Å². The molecule has 0 saturated heterocycles. The van der Waals surface area contributed by atoms with Gasteiger partial charge >= 0.3 is 0 Å². The molecule has 0 aliphatic rings. The third-order valence-electron chi connectivity index (χ3n) is 2.22. The Hall–Kier alpha value is -1.43. The van der Waals surface area contributed by atoms with E-state index in [4.69, 9.17) is 6.42 Å². The normalized spacial score (nSPS) is 13.3. The maximum atomic E-state index is 5.38. The zero-order chi connectivity index (χ0) is 11.5. The topological polar surface area (TPSA) is 29.9 Å². The predicted molar refractivity (Wildman–Crippen MR) is 63.8 cm³/mol. The molecule has 0 amide bonds. The van der Waals surface area contributed by atoms with E-state index >= 15 is 0 Å². The molecule has 0 fully saturated rings. The first kappa shape index (κ1) is 11.6. The Balaban J connectivity index is 2.74. The molecular formula is C12H19N3. The third kappa shape index (κ3) is 3.02. The lowest BCUT2D eigenvalue weighted by Gasteiger charge is -2.18. The van der Waals surface area contributed by atoms with Gasteiger partial charge in [0.15, 0.2) is 0 Å². The number of hydrogen-bond acceptors (Lipinski definition) is 2. The van der Waals surface area contributed by atoms with Crippen molar-refractivity contribution in [1.82, 2.24) is 9.78 Å². The molecule has 0 unspecified atom stereocenters. The molecule has 0 radical (unpaired) electrons. The molecule has 3 nitrogen and oxygen atoms in total. The van der Waals surface area contributed by atoms with Crippen LogP contribution >= 0.6 is 0 Å². The Bertz CT molecular complexity index is 352. The summed E-state index contributed by atoms with van der Waals surface area (Å²) in [5, 5.41) is 7.55. The monoisotopic (exact) mass is 205 g/mol. The van der Waals surface area contributed by atoms with Crippen molar-refractivity contribution in [3.63, 3.8) is 0 Å². The molecule has 0 aliphatic carbocycles. The second kappa shape index (κ2) is 4.39. The highest BCUT2D eigenvalue weighted by Gasteiger charge is 2.14. The smallest absolute Gasteiger partial charge is 0.0872 e. The van der Waals surface area contributed by atoms with E-state index in [0.29, 0.717) is 0 Å². The van der Waals surface area contributed by atoms with Crippen molar-refractivity contribution < 1.29 is 0 Å². The summed E-state index contributed by atoms with van der Waals surface area (Å²) in [6.07, 6.45) is 10.1. The fraction of sp³-hybridized carbons (Fsp3) is 0.583. The molecule has 0 bridgehead atoms. The summed E-state index contributed by atoms with van der Waals surface area (Å²) in [4.78, 5) is 0. The number of anilines is 1. The van der Waals surface area contributed by atoms with E-state index in [1.165, 1.54) is 0 Å². The maximum Gasteiger partial charge on any atom is 0.0872 e. The predicted octanol–water partition coefficient (Wildman–Crippen LogP) is 2.46. The van der Waals surface area contributed by atoms with Gasteiger partial charge in [-0.25, -0.2) is 0 Å². The highest BCUT2D eigenvalue weighted by Crippen LogP contribution is 2.16. The summed E-state index contributed by atoms with van der Waals surface area (Å²) < 4.78 is 1.93. The van der Waals surface area contributed by atoms with Gasteiger partial charge in [-0.3, -0.25) is 4.68 Å². The van der Waals surface area contributed by atoms with Crippen LogP contribution in [0.2, 0.25) is 0 Å². The van der Waals surface area contributed by atoms with E-state index in [2.05, 4.69) is 44.0 Å². The molecule has 0 aliphatic heterocycles. The first-order valence-corrected chi connectivity index (χ1v) is 5.25. The minimum Gasteiger partial charge on any atom is -0.369 e. The van der Waals surface area contributed by atoms with Crippen LogP contribution in [-0.4, -0.2) is 15.8 Å². The second-order valence-electron chi connectivity index (χ2n) is 4.62. The first-order chi connectivity index (χ1) is 6.97. The molecule has 0 saturated carbocycles. The number of aromatic nitrogens is 2. The van der Waals surface area contributed by atoms with Crippen molar-refractivity contribution in [3.8, 4) is 12.3 Å². The average Bonchev–Trinajstić information content (AvgIpc) is 2.61. The lowest BCUT2D eigenvalue weighted by atomic mass is 10.1. The van der Waals surface area contributed by atoms with Crippen LogP contribution in [0.1, 0.15) is 34.1 Å². The molecule has 1 rings (SSSR count). The minimum absolute atomic E-state index is 0.0117. The van der Waals surface area contributed by atoms with E-state index in [0.717, 1.165) is 12.1 Å². The highest BCUT2D eigenvalue weighted by molar-refractivity contribution is 5.41. The van der Waals surface area contributed by atoms with Gasteiger partial charge in [-0.15, -0.1) is 6.42 Å². The Labute approximate surface area is 91.9 Å². The van der Waals surface area contributed by atoms with Crippen LogP contribution < -0.4 is 5.32 Å². The molecule has 0 aromatic carbocycles. The van der Waals surface area contributed by atoms with Crippen LogP contribution in [0.3, 0.4) is 0 Å². The number of terminal acetylenes is 1. The summed E-state index contributed by atoms with van der Waals surface area (Å²) in [5.74, 6) is 2.70. The maximum absolute atomic E-state index is 5.38. The third-order valence-corrected chi connectivity index (χ3v) is 2.22. The summed E-state index contributed by atoms with van der Waals surface area (Å²) in [7, 11) is 0. The van der Waals surface area contributed by atoms with Crippen LogP contribution in [-0.2, 0) is 5.54 Å². The van der Waals surface area contributed by atoms with Gasteiger partial charge in [0.1, 0.15) is 0 Å². The van der Waals surface area contributed by atoms with Gasteiger partial charge in [0.25, 0.3) is 0 Å². The molecule has 1 atom stereocenters. The summed E-state index contributed by atoms with van der Waals surface area (Å²) in [5.41, 5.74) is 0.993. The van der Waals surface area contributed by atoms with Gasteiger partial charge in [0.2, 0.25) is 0 Å². The van der Waals surface area contributed by atoms with Gasteiger partial charge in [0.05, 0.1) is 23.5 Å². The number of nitrogens with zero attached hydrogens (tertiary/aromatic N) is 2. The number of hydrogen-bond donors (Lipinski definition) is 1. The SMILES string of the molecule is C#C[C@H](CC)Nc1cnn(C(C)(C)C)c1. The lowest BCUT2D eigenvalue weighted by molar-refractivity contribution is 0.355. The Morgan fingerprint density at radius 1 is 1.60 bits per heavy atom. The van der Waals surface area contributed by atoms with Gasteiger partial charge in [-0.05, 0) is 27.2 Å². The summed E-state index contributed by atoms with van der Waals surface area (Å²) in [6, 6.07) is 0.0858. The highest BCUT2D eigenvalue weighted by atomic mass is 15.3. The molecule has 15 heavy (non-hydrogen) atoms. The lowest BCUT2D eigenvalue weighted by Crippen LogP contribution is -2.22. The average molecular weight is 205 g/mol. The molecule has 1 aromatic heterocycles. The van der Waals surface area contributed by atoms with Gasteiger partial charge in [-0.1, -0.05) is 12.8 Å². The van der Waals surface area contributed by atoms with Crippen LogP contribution in [0.4, 0.5) is 5.69 Å². The summed E-state index contributed by atoms with van der Waals surface area (Å²) in [6.45, 7) is 8.40. The van der Waals surface area contributed by atoms with E-state index < -0.39 is 0 Å².